The van der Waals surface area contributed by atoms with Crippen molar-refractivity contribution in [3.05, 3.63) is 70.3 Å². The van der Waals surface area contributed by atoms with E-state index in [1.54, 1.807) is 24.3 Å². The topological polar surface area (TPSA) is 79.5 Å². The molecular formula is C19H15FN2O4. The number of pyridine rings is 1. The first-order valence-electron chi connectivity index (χ1n) is 7.75. The van der Waals surface area contributed by atoms with Crippen LogP contribution in [0.3, 0.4) is 0 Å². The molecule has 0 aliphatic heterocycles. The average molecular weight is 354 g/mol. The Balaban J connectivity index is 2.18. The van der Waals surface area contributed by atoms with Gasteiger partial charge in [-0.2, -0.15) is 0 Å². The number of hydrogen-bond acceptors (Lipinski definition) is 4. The number of nitrogens with zero attached hydrogens (tertiary/aromatic N) is 1. The number of aromatic amines is 1. The molecule has 1 N–H and O–H groups in total. The number of esters is 1. The minimum absolute atomic E-state index is 0.101. The van der Waals surface area contributed by atoms with Gasteiger partial charge in [0, 0.05) is 25.0 Å². The van der Waals surface area contributed by atoms with E-state index in [0.717, 1.165) is 0 Å². The van der Waals surface area contributed by atoms with E-state index >= 15 is 0 Å². The fourth-order valence-corrected chi connectivity index (χ4v) is 2.61. The molecule has 1 heterocycles. The highest BCUT2D eigenvalue weighted by Crippen LogP contribution is 2.28. The van der Waals surface area contributed by atoms with Crippen LogP contribution in [0.15, 0.2) is 53.3 Å². The number of amides is 1. The maximum absolute atomic E-state index is 13.1. The SMILES string of the molecule is CC(=O)Oc1c(C(=O)N(C)c2ccc(F)cc2)c(=O)[nH]c2ccccc12. The van der Waals surface area contributed by atoms with Gasteiger partial charge in [0.25, 0.3) is 11.5 Å². The number of aromatic nitrogens is 1. The highest BCUT2D eigenvalue weighted by Gasteiger charge is 2.25. The summed E-state index contributed by atoms with van der Waals surface area (Å²) in [7, 11) is 1.45. The molecule has 3 aromatic rings. The zero-order valence-corrected chi connectivity index (χ0v) is 14.1. The number of halogens is 1. The van der Waals surface area contributed by atoms with Crippen molar-refractivity contribution in [2.75, 3.05) is 11.9 Å². The van der Waals surface area contributed by atoms with Crippen LogP contribution in [0.4, 0.5) is 10.1 Å². The summed E-state index contributed by atoms with van der Waals surface area (Å²) in [6.45, 7) is 1.19. The maximum Gasteiger partial charge on any atom is 0.308 e. The van der Waals surface area contributed by atoms with E-state index in [4.69, 9.17) is 4.74 Å². The maximum atomic E-state index is 13.1. The van der Waals surface area contributed by atoms with Crippen molar-refractivity contribution in [2.45, 2.75) is 6.92 Å². The molecule has 26 heavy (non-hydrogen) atoms. The number of ether oxygens (including phenoxy) is 1. The lowest BCUT2D eigenvalue weighted by molar-refractivity contribution is -0.131. The summed E-state index contributed by atoms with van der Waals surface area (Å²) < 4.78 is 18.3. The van der Waals surface area contributed by atoms with Crippen LogP contribution >= 0.6 is 0 Å². The van der Waals surface area contributed by atoms with Crippen LogP contribution in [-0.4, -0.2) is 23.9 Å². The van der Waals surface area contributed by atoms with Crippen LogP contribution in [0, 0.1) is 5.82 Å². The van der Waals surface area contributed by atoms with Crippen molar-refractivity contribution in [1.29, 1.82) is 0 Å². The van der Waals surface area contributed by atoms with Crippen molar-refractivity contribution < 1.29 is 18.7 Å². The van der Waals surface area contributed by atoms with Gasteiger partial charge < -0.3 is 14.6 Å². The molecule has 0 fully saturated rings. The molecule has 132 valence electrons. The van der Waals surface area contributed by atoms with Crippen LogP contribution in [0.5, 0.6) is 5.75 Å². The third-order valence-electron chi connectivity index (χ3n) is 3.85. The summed E-state index contributed by atoms with van der Waals surface area (Å²) in [6.07, 6.45) is 0. The van der Waals surface area contributed by atoms with Gasteiger partial charge in [0.1, 0.15) is 11.4 Å². The molecule has 0 spiro atoms. The van der Waals surface area contributed by atoms with Crippen LogP contribution in [0.2, 0.25) is 0 Å². The molecule has 1 amide bonds. The molecule has 0 saturated heterocycles. The average Bonchev–Trinajstić information content (AvgIpc) is 2.61. The lowest BCUT2D eigenvalue weighted by Crippen LogP contribution is -2.32. The number of hydrogen-bond donors (Lipinski definition) is 1. The Hall–Kier alpha value is -3.48. The number of fused-ring (bicyclic) bond motifs is 1. The minimum Gasteiger partial charge on any atom is -0.425 e. The second kappa shape index (κ2) is 6.79. The van der Waals surface area contributed by atoms with E-state index in [1.807, 2.05) is 0 Å². The number of para-hydroxylation sites is 1. The predicted octanol–water partition coefficient (Wildman–Crippen LogP) is 2.87. The van der Waals surface area contributed by atoms with E-state index in [0.29, 0.717) is 16.6 Å². The second-order valence-electron chi connectivity index (χ2n) is 5.64. The molecule has 0 aliphatic carbocycles. The summed E-state index contributed by atoms with van der Waals surface area (Å²) in [4.78, 5) is 40.7. The van der Waals surface area contributed by atoms with E-state index in [2.05, 4.69) is 4.98 Å². The van der Waals surface area contributed by atoms with Gasteiger partial charge in [0.05, 0.1) is 5.52 Å². The van der Waals surface area contributed by atoms with Crippen molar-refractivity contribution in [1.82, 2.24) is 4.98 Å². The number of anilines is 1. The van der Waals surface area contributed by atoms with Gasteiger partial charge in [0.15, 0.2) is 5.75 Å². The van der Waals surface area contributed by atoms with Gasteiger partial charge in [-0.25, -0.2) is 4.39 Å². The molecule has 3 rings (SSSR count). The number of carbonyl (C=O) groups is 2. The summed E-state index contributed by atoms with van der Waals surface area (Å²) in [5.41, 5.74) is -0.155. The number of benzene rings is 2. The Morgan fingerprint density at radius 2 is 1.73 bits per heavy atom. The van der Waals surface area contributed by atoms with E-state index in [1.165, 1.54) is 43.1 Å². The van der Waals surface area contributed by atoms with Crippen LogP contribution in [-0.2, 0) is 4.79 Å². The third-order valence-corrected chi connectivity index (χ3v) is 3.85. The number of carbonyl (C=O) groups excluding carboxylic acids is 2. The first-order valence-corrected chi connectivity index (χ1v) is 7.75. The zero-order valence-electron chi connectivity index (χ0n) is 14.1. The molecule has 1 aromatic heterocycles. The van der Waals surface area contributed by atoms with Crippen molar-refractivity contribution >= 4 is 28.5 Å². The molecule has 0 unspecified atom stereocenters. The summed E-state index contributed by atoms with van der Waals surface area (Å²) >= 11 is 0. The fraction of sp³-hybridized carbons (Fsp3) is 0.105. The molecule has 0 atom stereocenters. The lowest BCUT2D eigenvalue weighted by Gasteiger charge is -2.19. The number of H-pyrrole nitrogens is 1. The van der Waals surface area contributed by atoms with Crippen molar-refractivity contribution in [3.8, 4) is 5.75 Å². The van der Waals surface area contributed by atoms with E-state index < -0.39 is 23.3 Å². The van der Waals surface area contributed by atoms with Gasteiger partial charge in [0.2, 0.25) is 0 Å². The van der Waals surface area contributed by atoms with Gasteiger partial charge in [-0.15, -0.1) is 0 Å². The standard InChI is InChI=1S/C19H15FN2O4/c1-11(23)26-17-14-5-3-4-6-15(14)21-18(24)16(17)19(25)22(2)13-9-7-12(20)8-10-13/h3-10H,1-2H3,(H,21,24). The molecule has 0 radical (unpaired) electrons. The van der Waals surface area contributed by atoms with Crippen molar-refractivity contribution in [2.24, 2.45) is 0 Å². The van der Waals surface area contributed by atoms with Crippen LogP contribution in [0.25, 0.3) is 10.9 Å². The zero-order chi connectivity index (χ0) is 18.8. The molecule has 6 nitrogen and oxygen atoms in total. The normalized spacial score (nSPS) is 10.6. The molecule has 0 saturated carbocycles. The number of nitrogens with one attached hydrogen (secondary N) is 1. The number of rotatable bonds is 3. The Kier molecular flexibility index (Phi) is 4.53. The smallest absolute Gasteiger partial charge is 0.308 e. The highest BCUT2D eigenvalue weighted by atomic mass is 19.1. The van der Waals surface area contributed by atoms with Crippen molar-refractivity contribution in [3.63, 3.8) is 0 Å². The molecule has 7 heteroatoms. The fourth-order valence-electron chi connectivity index (χ4n) is 2.61. The van der Waals surface area contributed by atoms with E-state index in [9.17, 15) is 18.8 Å². The monoisotopic (exact) mass is 354 g/mol. The Labute approximate surface area is 147 Å². The second-order valence-corrected chi connectivity index (χ2v) is 5.64. The van der Waals surface area contributed by atoms with Gasteiger partial charge >= 0.3 is 5.97 Å². The predicted molar refractivity (Wildman–Crippen MR) is 95.0 cm³/mol. The Morgan fingerprint density at radius 1 is 1.08 bits per heavy atom. The summed E-state index contributed by atoms with van der Waals surface area (Å²) in [5.74, 6) is -1.88. The summed E-state index contributed by atoms with van der Waals surface area (Å²) in [5, 5.41) is 0.429. The third kappa shape index (κ3) is 3.19. The minimum atomic E-state index is -0.682. The van der Waals surface area contributed by atoms with Gasteiger partial charge in [-0.1, -0.05) is 12.1 Å². The van der Waals surface area contributed by atoms with E-state index in [-0.39, 0.29) is 11.3 Å². The Bertz CT molecular complexity index is 1060. The van der Waals surface area contributed by atoms with Gasteiger partial charge in [-0.05, 0) is 36.4 Å². The Morgan fingerprint density at radius 3 is 2.38 bits per heavy atom. The summed E-state index contributed by atoms with van der Waals surface area (Å²) in [6, 6.07) is 11.9. The molecular weight excluding hydrogens is 339 g/mol. The first-order chi connectivity index (χ1) is 12.4. The molecule has 0 bridgehead atoms. The first kappa shape index (κ1) is 17.3. The molecule has 2 aromatic carbocycles. The lowest BCUT2D eigenvalue weighted by atomic mass is 10.1. The molecule has 0 aliphatic rings. The van der Waals surface area contributed by atoms with Gasteiger partial charge in [-0.3, -0.25) is 14.4 Å². The van der Waals surface area contributed by atoms with Crippen LogP contribution in [0.1, 0.15) is 17.3 Å². The highest BCUT2D eigenvalue weighted by molar-refractivity contribution is 6.10. The largest absolute Gasteiger partial charge is 0.425 e. The quantitative estimate of drug-likeness (QED) is 0.734. The van der Waals surface area contributed by atoms with Crippen LogP contribution < -0.4 is 15.2 Å².